The Morgan fingerprint density at radius 2 is 1.60 bits per heavy atom. The zero-order valence-corrected chi connectivity index (χ0v) is 20.1. The SMILES string of the molecule is CC(C)(C)c1ccccc1NC(=O)COC(=O)c1ccccc1C(=O)c1ccc(Cl)c([N+](=O)[O-])c1. The van der Waals surface area contributed by atoms with E-state index in [4.69, 9.17) is 16.3 Å². The number of amides is 1. The molecule has 0 unspecified atom stereocenters. The largest absolute Gasteiger partial charge is 0.452 e. The number of halogens is 1. The second-order valence-corrected chi connectivity index (χ2v) is 9.13. The monoisotopic (exact) mass is 494 g/mol. The van der Waals surface area contributed by atoms with Crippen molar-refractivity contribution >= 4 is 40.6 Å². The molecule has 0 saturated heterocycles. The second-order valence-electron chi connectivity index (χ2n) is 8.72. The lowest BCUT2D eigenvalue weighted by Gasteiger charge is -2.23. The van der Waals surface area contributed by atoms with Crippen LogP contribution in [-0.4, -0.2) is 29.2 Å². The fraction of sp³-hybridized carbons (Fsp3) is 0.192. The van der Waals surface area contributed by atoms with Crippen LogP contribution in [0.15, 0.2) is 66.7 Å². The van der Waals surface area contributed by atoms with E-state index >= 15 is 0 Å². The van der Waals surface area contributed by atoms with E-state index in [9.17, 15) is 24.5 Å². The average molecular weight is 495 g/mol. The topological polar surface area (TPSA) is 116 Å². The lowest BCUT2D eigenvalue weighted by molar-refractivity contribution is -0.384. The minimum atomic E-state index is -0.878. The zero-order valence-electron chi connectivity index (χ0n) is 19.3. The highest BCUT2D eigenvalue weighted by Crippen LogP contribution is 2.29. The van der Waals surface area contributed by atoms with Gasteiger partial charge in [-0.15, -0.1) is 0 Å². The van der Waals surface area contributed by atoms with Crippen LogP contribution in [0.1, 0.15) is 52.6 Å². The number of nitro groups is 1. The Morgan fingerprint density at radius 1 is 0.971 bits per heavy atom. The van der Waals surface area contributed by atoms with E-state index in [1.165, 1.54) is 30.3 Å². The molecule has 0 fully saturated rings. The number of nitrogens with one attached hydrogen (secondary N) is 1. The molecule has 1 N–H and O–H groups in total. The quantitative estimate of drug-likeness (QED) is 0.198. The third kappa shape index (κ3) is 6.10. The predicted molar refractivity (Wildman–Crippen MR) is 132 cm³/mol. The molecule has 35 heavy (non-hydrogen) atoms. The van der Waals surface area contributed by atoms with E-state index in [1.54, 1.807) is 18.2 Å². The highest BCUT2D eigenvalue weighted by Gasteiger charge is 2.23. The molecule has 1 amide bonds. The van der Waals surface area contributed by atoms with Crippen molar-refractivity contribution in [3.63, 3.8) is 0 Å². The lowest BCUT2D eigenvalue weighted by Crippen LogP contribution is -2.24. The zero-order chi connectivity index (χ0) is 25.8. The van der Waals surface area contributed by atoms with Crippen LogP contribution in [0.4, 0.5) is 11.4 Å². The fourth-order valence-corrected chi connectivity index (χ4v) is 3.64. The van der Waals surface area contributed by atoms with Crippen molar-refractivity contribution in [3.8, 4) is 0 Å². The van der Waals surface area contributed by atoms with Gasteiger partial charge >= 0.3 is 5.97 Å². The van der Waals surface area contributed by atoms with Crippen molar-refractivity contribution in [1.82, 2.24) is 0 Å². The predicted octanol–water partition coefficient (Wildman–Crippen LogP) is 5.57. The number of para-hydroxylation sites is 1. The van der Waals surface area contributed by atoms with Crippen molar-refractivity contribution in [3.05, 3.63) is 104 Å². The Morgan fingerprint density at radius 3 is 2.26 bits per heavy atom. The van der Waals surface area contributed by atoms with Crippen LogP contribution in [-0.2, 0) is 14.9 Å². The summed E-state index contributed by atoms with van der Waals surface area (Å²) in [4.78, 5) is 48.7. The van der Waals surface area contributed by atoms with Gasteiger partial charge in [-0.25, -0.2) is 4.79 Å². The number of carbonyl (C=O) groups excluding carboxylic acids is 3. The van der Waals surface area contributed by atoms with E-state index in [-0.39, 0.29) is 27.1 Å². The molecule has 0 atom stereocenters. The molecule has 3 aromatic carbocycles. The van der Waals surface area contributed by atoms with Crippen LogP contribution in [0.25, 0.3) is 0 Å². The van der Waals surface area contributed by atoms with Crippen LogP contribution in [0, 0.1) is 10.1 Å². The molecule has 0 radical (unpaired) electrons. The second kappa shape index (κ2) is 10.5. The van der Waals surface area contributed by atoms with Crippen molar-refractivity contribution in [2.24, 2.45) is 0 Å². The molecule has 0 aliphatic carbocycles. The van der Waals surface area contributed by atoms with E-state index in [2.05, 4.69) is 5.32 Å². The van der Waals surface area contributed by atoms with Gasteiger partial charge in [0.25, 0.3) is 11.6 Å². The highest BCUT2D eigenvalue weighted by molar-refractivity contribution is 6.33. The van der Waals surface area contributed by atoms with Crippen molar-refractivity contribution in [1.29, 1.82) is 0 Å². The number of esters is 1. The van der Waals surface area contributed by atoms with Crippen LogP contribution in [0.2, 0.25) is 5.02 Å². The van der Waals surface area contributed by atoms with Crippen LogP contribution in [0.3, 0.4) is 0 Å². The van der Waals surface area contributed by atoms with Gasteiger partial charge < -0.3 is 10.1 Å². The maximum absolute atomic E-state index is 13.0. The van der Waals surface area contributed by atoms with Crippen molar-refractivity contribution in [2.75, 3.05) is 11.9 Å². The van der Waals surface area contributed by atoms with Gasteiger partial charge in [0, 0.05) is 22.9 Å². The van der Waals surface area contributed by atoms with Crippen LogP contribution < -0.4 is 5.32 Å². The molecule has 0 spiro atoms. The molecule has 0 aromatic heterocycles. The molecule has 3 aromatic rings. The molecule has 3 rings (SSSR count). The summed E-state index contributed by atoms with van der Waals surface area (Å²) >= 11 is 5.82. The van der Waals surface area contributed by atoms with Crippen molar-refractivity contribution < 1.29 is 24.0 Å². The summed E-state index contributed by atoms with van der Waals surface area (Å²) in [7, 11) is 0. The van der Waals surface area contributed by atoms with Gasteiger partial charge in [0.05, 0.1) is 10.5 Å². The number of carbonyl (C=O) groups is 3. The minimum Gasteiger partial charge on any atom is -0.452 e. The Kier molecular flexibility index (Phi) is 7.66. The van der Waals surface area contributed by atoms with Gasteiger partial charge in [-0.05, 0) is 35.2 Å². The highest BCUT2D eigenvalue weighted by atomic mass is 35.5. The third-order valence-electron chi connectivity index (χ3n) is 5.14. The Balaban J connectivity index is 1.76. The van der Waals surface area contributed by atoms with Gasteiger partial charge in [-0.3, -0.25) is 19.7 Å². The molecule has 180 valence electrons. The summed E-state index contributed by atoms with van der Waals surface area (Å²) in [6, 6.07) is 16.8. The lowest BCUT2D eigenvalue weighted by atomic mass is 9.86. The van der Waals surface area contributed by atoms with Crippen LogP contribution >= 0.6 is 11.6 Å². The van der Waals surface area contributed by atoms with Gasteiger partial charge in [-0.1, -0.05) is 68.8 Å². The number of anilines is 1. The fourth-order valence-electron chi connectivity index (χ4n) is 3.45. The smallest absolute Gasteiger partial charge is 0.339 e. The van der Waals surface area contributed by atoms with Crippen LogP contribution in [0.5, 0.6) is 0 Å². The Hall–Kier alpha value is -4.04. The molecular weight excluding hydrogens is 472 g/mol. The maximum atomic E-state index is 13.0. The van der Waals surface area contributed by atoms with E-state index in [0.717, 1.165) is 11.6 Å². The normalized spacial score (nSPS) is 11.0. The number of ether oxygens (including phenoxy) is 1. The van der Waals surface area contributed by atoms with E-state index < -0.39 is 34.9 Å². The first kappa shape index (κ1) is 25.6. The van der Waals surface area contributed by atoms with Gasteiger partial charge in [-0.2, -0.15) is 0 Å². The van der Waals surface area contributed by atoms with Gasteiger partial charge in [0.1, 0.15) is 5.02 Å². The molecule has 9 heteroatoms. The molecule has 0 heterocycles. The summed E-state index contributed by atoms with van der Waals surface area (Å²) in [5, 5.41) is 13.8. The third-order valence-corrected chi connectivity index (χ3v) is 5.46. The Bertz CT molecular complexity index is 1310. The summed E-state index contributed by atoms with van der Waals surface area (Å²) in [5.41, 5.74) is 0.790. The number of ketones is 1. The molecule has 0 saturated carbocycles. The first-order valence-corrected chi connectivity index (χ1v) is 11.0. The van der Waals surface area contributed by atoms with E-state index in [0.29, 0.717) is 5.69 Å². The molecule has 8 nitrogen and oxygen atoms in total. The number of hydrogen-bond donors (Lipinski definition) is 1. The number of benzene rings is 3. The molecule has 0 aliphatic heterocycles. The first-order chi connectivity index (χ1) is 16.5. The summed E-state index contributed by atoms with van der Waals surface area (Å²) in [6.45, 7) is 5.48. The molecular formula is C26H23ClN2O6. The summed E-state index contributed by atoms with van der Waals surface area (Å²) in [5.74, 6) is -2.04. The first-order valence-electron chi connectivity index (χ1n) is 10.6. The number of nitro benzene ring substituents is 1. The standard InChI is InChI=1S/C26H23ClN2O6/c1-26(2,3)19-10-6-7-11-21(19)28-23(30)15-35-25(32)18-9-5-4-8-17(18)24(31)16-12-13-20(27)22(14-16)29(33)34/h4-14H,15H2,1-3H3,(H,28,30). The van der Waals surface area contributed by atoms with Gasteiger partial charge in [0.2, 0.25) is 0 Å². The van der Waals surface area contributed by atoms with E-state index in [1.807, 2.05) is 32.9 Å². The summed E-state index contributed by atoms with van der Waals surface area (Å²) in [6.07, 6.45) is 0. The molecule has 0 aliphatic rings. The average Bonchev–Trinajstić information content (AvgIpc) is 2.82. The number of rotatable bonds is 7. The van der Waals surface area contributed by atoms with Gasteiger partial charge in [0.15, 0.2) is 12.4 Å². The van der Waals surface area contributed by atoms with Crippen molar-refractivity contribution in [2.45, 2.75) is 26.2 Å². The Labute approximate surface area is 207 Å². The maximum Gasteiger partial charge on any atom is 0.339 e. The molecule has 0 bridgehead atoms. The minimum absolute atomic E-state index is 0.0159. The number of nitrogens with zero attached hydrogens (tertiary/aromatic N) is 1. The number of hydrogen-bond acceptors (Lipinski definition) is 6. The summed E-state index contributed by atoms with van der Waals surface area (Å²) < 4.78 is 5.16.